The number of anilines is 1. The Labute approximate surface area is 219 Å². The number of nitrogens with zero attached hydrogens (tertiary/aromatic N) is 2. The quantitative estimate of drug-likeness (QED) is 0.235. The monoisotopic (exact) mass is 510 g/mol. The van der Waals surface area contributed by atoms with Gasteiger partial charge in [-0.3, -0.25) is 9.59 Å². The van der Waals surface area contributed by atoms with E-state index in [9.17, 15) is 9.59 Å². The largest absolute Gasteiger partial charge is 0.472 e. The molecule has 1 fully saturated rings. The van der Waals surface area contributed by atoms with Crippen LogP contribution in [0.2, 0.25) is 0 Å². The first-order valence-corrected chi connectivity index (χ1v) is 13.0. The topological polar surface area (TPSA) is 145 Å². The van der Waals surface area contributed by atoms with E-state index in [1.807, 2.05) is 30.5 Å². The number of carbonyl (C=O) groups is 2. The van der Waals surface area contributed by atoms with Crippen LogP contribution in [0.5, 0.6) is 0 Å². The smallest absolute Gasteiger partial charge is 0.252 e. The summed E-state index contributed by atoms with van der Waals surface area (Å²) in [7, 11) is 0. The van der Waals surface area contributed by atoms with Crippen LogP contribution in [0.3, 0.4) is 0 Å². The predicted molar refractivity (Wildman–Crippen MR) is 146 cm³/mol. The van der Waals surface area contributed by atoms with Crippen LogP contribution in [0.25, 0.3) is 33.3 Å². The van der Waals surface area contributed by atoms with Gasteiger partial charge in [-0.25, -0.2) is 4.98 Å². The van der Waals surface area contributed by atoms with E-state index in [0.717, 1.165) is 51.7 Å². The molecule has 0 saturated heterocycles. The number of nitrogen functional groups attached to an aromatic ring is 1. The molecule has 194 valence electrons. The summed E-state index contributed by atoms with van der Waals surface area (Å²) < 4.78 is 7.63. The number of H-pyrrole nitrogens is 1. The molecule has 3 heterocycles. The lowest BCUT2D eigenvalue weighted by Crippen LogP contribution is -2.45. The molecule has 9 heteroatoms. The van der Waals surface area contributed by atoms with Crippen LogP contribution in [0.1, 0.15) is 54.1 Å². The first-order valence-electron chi connectivity index (χ1n) is 13.0. The van der Waals surface area contributed by atoms with Gasteiger partial charge in [-0.1, -0.05) is 19.3 Å². The number of aromatic amines is 1. The molecule has 1 atom stereocenters. The van der Waals surface area contributed by atoms with Gasteiger partial charge >= 0.3 is 0 Å². The molecule has 0 bridgehead atoms. The molecule has 2 aromatic carbocycles. The number of hydrogen-bond acceptors (Lipinski definition) is 5. The molecule has 1 aliphatic carbocycles. The number of benzene rings is 2. The van der Waals surface area contributed by atoms with Crippen molar-refractivity contribution >= 4 is 39.4 Å². The molecule has 0 aliphatic heterocycles. The lowest BCUT2D eigenvalue weighted by atomic mass is 9.95. The Bertz CT molecular complexity index is 1630. The normalized spacial score (nSPS) is 15.2. The molecule has 0 radical (unpaired) electrons. The maximum atomic E-state index is 13.3. The van der Waals surface area contributed by atoms with Gasteiger partial charge in [0, 0.05) is 40.8 Å². The third kappa shape index (κ3) is 4.40. The molecular weight excluding hydrogens is 480 g/mol. The number of furan rings is 1. The molecule has 2 amide bonds. The highest BCUT2D eigenvalue weighted by atomic mass is 16.3. The molecule has 6 rings (SSSR count). The zero-order valence-corrected chi connectivity index (χ0v) is 20.9. The van der Waals surface area contributed by atoms with E-state index in [4.69, 9.17) is 20.9 Å². The zero-order valence-electron chi connectivity index (χ0n) is 20.9. The molecule has 38 heavy (non-hydrogen) atoms. The van der Waals surface area contributed by atoms with Gasteiger partial charge in [0.05, 0.1) is 22.9 Å². The zero-order chi connectivity index (χ0) is 26.2. The van der Waals surface area contributed by atoms with Crippen molar-refractivity contribution in [3.05, 3.63) is 72.3 Å². The Morgan fingerprint density at radius 3 is 2.74 bits per heavy atom. The van der Waals surface area contributed by atoms with Crippen molar-refractivity contribution in [3.8, 4) is 11.4 Å². The fourth-order valence-corrected chi connectivity index (χ4v) is 5.59. The van der Waals surface area contributed by atoms with E-state index >= 15 is 0 Å². The van der Waals surface area contributed by atoms with Gasteiger partial charge in [0.25, 0.3) is 5.91 Å². The predicted octanol–water partition coefficient (Wildman–Crippen LogP) is 4.69. The average molecular weight is 511 g/mol. The molecule has 1 saturated carbocycles. The van der Waals surface area contributed by atoms with Gasteiger partial charge in [-0.05, 0) is 60.9 Å². The maximum absolute atomic E-state index is 13.3. The molecule has 3 aromatic heterocycles. The molecule has 6 N–H and O–H groups in total. The van der Waals surface area contributed by atoms with Crippen molar-refractivity contribution in [2.45, 2.75) is 50.6 Å². The lowest BCUT2D eigenvalue weighted by Gasteiger charge is -2.25. The molecular formula is C29H30N6O3. The number of amides is 2. The average Bonchev–Trinajstić information content (AvgIpc) is 3.67. The van der Waals surface area contributed by atoms with E-state index in [2.05, 4.69) is 14.9 Å². The van der Waals surface area contributed by atoms with E-state index < -0.39 is 11.9 Å². The van der Waals surface area contributed by atoms with Crippen molar-refractivity contribution in [2.75, 3.05) is 5.73 Å². The number of carbonyl (C=O) groups excluding carboxylic acids is 2. The van der Waals surface area contributed by atoms with Gasteiger partial charge in [-0.2, -0.15) is 0 Å². The number of primary amides is 1. The second-order valence-electron chi connectivity index (χ2n) is 10.1. The fourth-order valence-electron chi connectivity index (χ4n) is 5.59. The molecule has 0 unspecified atom stereocenters. The number of aromatic nitrogens is 3. The molecule has 5 aromatic rings. The second-order valence-corrected chi connectivity index (χ2v) is 10.1. The third-order valence-corrected chi connectivity index (χ3v) is 7.54. The summed E-state index contributed by atoms with van der Waals surface area (Å²) in [5, 5.41) is 3.71. The molecule has 9 nitrogen and oxygen atoms in total. The summed E-state index contributed by atoms with van der Waals surface area (Å²) in [4.78, 5) is 33.7. The van der Waals surface area contributed by atoms with Gasteiger partial charge < -0.3 is 30.8 Å². The number of imidazole rings is 1. The molecule has 0 spiro atoms. The molecule has 1 aliphatic rings. The van der Waals surface area contributed by atoms with Crippen LogP contribution in [-0.4, -0.2) is 32.4 Å². The van der Waals surface area contributed by atoms with Gasteiger partial charge in [0.1, 0.15) is 18.1 Å². The summed E-state index contributed by atoms with van der Waals surface area (Å²) in [6, 6.07) is 12.4. The van der Waals surface area contributed by atoms with Crippen LogP contribution in [0.15, 0.2) is 65.6 Å². The Balaban J connectivity index is 1.29. The van der Waals surface area contributed by atoms with Crippen LogP contribution < -0.4 is 16.8 Å². The number of fused-ring (bicyclic) bond motifs is 2. The Hall–Kier alpha value is -4.53. The van der Waals surface area contributed by atoms with Gasteiger partial charge in [-0.15, -0.1) is 0 Å². The van der Waals surface area contributed by atoms with Crippen LogP contribution >= 0.6 is 0 Å². The van der Waals surface area contributed by atoms with Gasteiger partial charge in [0.2, 0.25) is 5.91 Å². The standard InChI is InChI=1S/C29H30N6O3/c30-20-7-8-23-22(14-20)19(15-32-23)13-25(27(31)36)34-29(37)17-6-9-26-24(12-17)33-28(18-10-11-38-16-18)35(26)21-4-2-1-3-5-21/h6-12,14-16,21,25,32H,1-5,13,30H2,(H2,31,36)(H,34,37)/t25-/m0/s1. The summed E-state index contributed by atoms with van der Waals surface area (Å²) in [5.41, 5.74) is 17.0. The van der Waals surface area contributed by atoms with Gasteiger partial charge in [0.15, 0.2) is 0 Å². The minimum absolute atomic E-state index is 0.244. The number of nitrogens with two attached hydrogens (primary N) is 2. The van der Waals surface area contributed by atoms with Crippen LogP contribution in [0.4, 0.5) is 5.69 Å². The highest BCUT2D eigenvalue weighted by Crippen LogP contribution is 2.36. The first kappa shape index (κ1) is 23.8. The van der Waals surface area contributed by atoms with E-state index in [-0.39, 0.29) is 12.3 Å². The maximum Gasteiger partial charge on any atom is 0.252 e. The van der Waals surface area contributed by atoms with Crippen LogP contribution in [-0.2, 0) is 11.2 Å². The third-order valence-electron chi connectivity index (χ3n) is 7.54. The fraction of sp³-hybridized carbons (Fsp3) is 0.276. The summed E-state index contributed by atoms with van der Waals surface area (Å²) in [5.74, 6) is -0.152. The summed E-state index contributed by atoms with van der Waals surface area (Å²) >= 11 is 0. The van der Waals surface area contributed by atoms with Crippen molar-refractivity contribution < 1.29 is 14.0 Å². The number of nitrogens with one attached hydrogen (secondary N) is 2. The Morgan fingerprint density at radius 1 is 1.13 bits per heavy atom. The summed E-state index contributed by atoms with van der Waals surface area (Å²) in [6.07, 6.45) is 11.2. The van der Waals surface area contributed by atoms with Crippen molar-refractivity contribution in [2.24, 2.45) is 5.73 Å². The highest BCUT2D eigenvalue weighted by molar-refractivity contribution is 6.00. The SMILES string of the molecule is NC(=O)[C@H](Cc1c[nH]c2ccc(N)cc12)NC(=O)c1ccc2c(c1)nc(-c1ccoc1)n2C1CCCCC1. The minimum atomic E-state index is -0.889. The van der Waals surface area contributed by atoms with E-state index in [1.54, 1.807) is 30.7 Å². The number of hydrogen-bond donors (Lipinski definition) is 4. The van der Waals surface area contributed by atoms with E-state index in [1.165, 1.54) is 19.3 Å². The second kappa shape index (κ2) is 9.74. The first-order chi connectivity index (χ1) is 18.5. The Kier molecular flexibility index (Phi) is 6.11. The van der Waals surface area contributed by atoms with Crippen molar-refractivity contribution in [1.82, 2.24) is 19.9 Å². The number of rotatable bonds is 7. The van der Waals surface area contributed by atoms with Crippen molar-refractivity contribution in [3.63, 3.8) is 0 Å². The summed E-state index contributed by atoms with van der Waals surface area (Å²) in [6.45, 7) is 0. The minimum Gasteiger partial charge on any atom is -0.472 e. The van der Waals surface area contributed by atoms with Crippen molar-refractivity contribution in [1.29, 1.82) is 0 Å². The lowest BCUT2D eigenvalue weighted by molar-refractivity contribution is -0.119. The van der Waals surface area contributed by atoms with E-state index in [0.29, 0.717) is 17.3 Å². The van der Waals surface area contributed by atoms with Crippen LogP contribution in [0, 0.1) is 0 Å². The Morgan fingerprint density at radius 2 is 1.97 bits per heavy atom. The highest BCUT2D eigenvalue weighted by Gasteiger charge is 2.25.